The Hall–Kier alpha value is -9.37. The lowest BCUT2D eigenvalue weighted by molar-refractivity contribution is -0.196. The lowest BCUT2D eigenvalue weighted by Gasteiger charge is -2.35. The van der Waals surface area contributed by atoms with E-state index in [2.05, 4.69) is 42.5 Å². The van der Waals surface area contributed by atoms with Gasteiger partial charge in [-0.1, -0.05) is 107 Å². The van der Waals surface area contributed by atoms with Gasteiger partial charge in [0.05, 0.1) is 23.7 Å². The van der Waals surface area contributed by atoms with E-state index in [1.807, 2.05) is 52.0 Å². The molecule has 0 radical (unpaired) electrons. The van der Waals surface area contributed by atoms with E-state index < -0.39 is 136 Å². The highest BCUT2D eigenvalue weighted by Gasteiger charge is 2.48. The van der Waals surface area contributed by atoms with E-state index in [9.17, 15) is 57.5 Å². The summed E-state index contributed by atoms with van der Waals surface area (Å²) in [6.07, 6.45) is 2.54. The SMILES string of the molecule is COc1ccc(C[C@H]2NC(=O)/C=C/C[C@@H]([C@H](C)[C@H]3O[C@@H]3c3ccc(CNC(=O)OCc4ccc(NC(=O)[C@H](CCCNC(N)=O)NC(=O)[C@@H](NC(=O)CCCC(=O)ON5C(=O)C=CC5=O)C(C)C)cc4)cc3)OC(=O)[C@H](CC(C)(C)C)NC(=O)C(C)(C)[C@H](C)NC2=O)cc1Cl. The average molecular weight is 1340 g/mol. The number of esters is 1. The van der Waals surface area contributed by atoms with E-state index in [1.165, 1.54) is 13.2 Å². The third-order valence-electron chi connectivity index (χ3n) is 16.2. The minimum absolute atomic E-state index is 0.0321. The third kappa shape index (κ3) is 23.0. The molecule has 3 aliphatic heterocycles. The Morgan fingerprint density at radius 3 is 2.09 bits per heavy atom. The zero-order chi connectivity index (χ0) is 69.9. The van der Waals surface area contributed by atoms with Crippen molar-refractivity contribution < 1.29 is 81.3 Å². The predicted octanol–water partition coefficient (Wildman–Crippen LogP) is 5.47. The van der Waals surface area contributed by atoms with Crippen molar-refractivity contribution in [2.75, 3.05) is 19.0 Å². The number of halogens is 1. The molecule has 3 aromatic rings. The van der Waals surface area contributed by atoms with Gasteiger partial charge in [-0.15, -0.1) is 0 Å². The maximum Gasteiger partial charge on any atom is 0.407 e. The zero-order valence-corrected chi connectivity index (χ0v) is 55.8. The van der Waals surface area contributed by atoms with E-state index >= 15 is 0 Å². The molecule has 6 rings (SSSR count). The van der Waals surface area contributed by atoms with Crippen LogP contribution in [0.5, 0.6) is 5.75 Å². The molecule has 0 saturated carbocycles. The second-order valence-corrected chi connectivity index (χ2v) is 26.1. The molecule has 1 saturated heterocycles. The number of primary amides is 1. The fourth-order valence-corrected chi connectivity index (χ4v) is 10.5. The van der Waals surface area contributed by atoms with Gasteiger partial charge in [0.15, 0.2) is 0 Å². The minimum Gasteiger partial charge on any atom is -0.495 e. The average Bonchev–Trinajstić information content (AvgIpc) is 1.64. The zero-order valence-electron chi connectivity index (χ0n) is 55.1. The van der Waals surface area contributed by atoms with Crippen LogP contribution in [0.25, 0.3) is 0 Å². The van der Waals surface area contributed by atoms with Crippen molar-refractivity contribution in [2.24, 2.45) is 28.4 Å². The summed E-state index contributed by atoms with van der Waals surface area (Å²) in [5, 5.41) is 22.5. The molecule has 514 valence electrons. The molecule has 27 nitrogen and oxygen atoms in total. The number of nitrogens with zero attached hydrogens (tertiary/aromatic N) is 1. The normalized spacial score (nSPS) is 21.1. The van der Waals surface area contributed by atoms with Crippen molar-refractivity contribution in [3.8, 4) is 5.75 Å². The molecule has 3 heterocycles. The highest BCUT2D eigenvalue weighted by molar-refractivity contribution is 6.32. The second-order valence-electron chi connectivity index (χ2n) is 25.7. The van der Waals surface area contributed by atoms with Gasteiger partial charge in [-0.25, -0.2) is 19.2 Å². The molecule has 3 aliphatic rings. The number of carbonyl (C=O) groups is 12. The standard InChI is InChI=1S/C67H87ClN10O17/c1-37(2)56(77-52(80)17-12-18-55(83)95-78-53(81)29-30-54(78)82)61(86)75-46(14-13-31-70-64(69)89)59(84)73-44-26-21-41(22-27-44)36-92-65(90)71-35-40-19-24-43(25-20-40)58-57(94-58)38(3)49-15-11-16-51(79)74-47(33-42-23-28-50(91-10)45(68)32-42)60(85)72-39(4)67(8,9)63(88)76-48(62(87)93-49)34-66(5,6)7/h11,16,19-30,32,37-39,46-49,56-58H,12-15,17-18,31,33-36H2,1-10H3,(H,71,90)(H,72,85)(H,73,84)(H,74,79)(H,75,86)(H,76,88)(H,77,80)(H3,69,70,89)/b16-11+/t38-,39-,46-,47+,48-,49-,56-,57+,58+/m0/s1. The second kappa shape index (κ2) is 34.2. The third-order valence-corrected chi connectivity index (χ3v) is 16.5. The molecular formula is C67H87ClN10O17. The number of benzene rings is 3. The van der Waals surface area contributed by atoms with E-state index in [-0.39, 0.29) is 77.2 Å². The number of hydrogen-bond donors (Lipinski definition) is 9. The highest BCUT2D eigenvalue weighted by atomic mass is 35.5. The number of urea groups is 1. The summed E-state index contributed by atoms with van der Waals surface area (Å²) in [6, 6.07) is 12.9. The number of ether oxygens (including phenoxy) is 4. The van der Waals surface area contributed by atoms with Crippen LogP contribution in [0, 0.1) is 22.7 Å². The minimum atomic E-state index is -1.24. The topological polar surface area (TPSA) is 380 Å². The molecule has 0 aromatic heterocycles. The van der Waals surface area contributed by atoms with E-state index in [0.717, 1.165) is 23.3 Å². The molecule has 95 heavy (non-hydrogen) atoms. The van der Waals surface area contributed by atoms with Crippen LogP contribution in [0.2, 0.25) is 5.02 Å². The van der Waals surface area contributed by atoms with Crippen molar-refractivity contribution in [3.63, 3.8) is 0 Å². The summed E-state index contributed by atoms with van der Waals surface area (Å²) in [4.78, 5) is 161. The number of nitrogens with one attached hydrogen (secondary N) is 8. The molecule has 10 N–H and O–H groups in total. The van der Waals surface area contributed by atoms with Gasteiger partial charge in [0, 0.05) is 68.6 Å². The van der Waals surface area contributed by atoms with Gasteiger partial charge in [-0.2, -0.15) is 0 Å². The number of carbonyl (C=O) groups excluding carboxylic acids is 12. The maximum absolute atomic E-state index is 14.3. The molecular weight excluding hydrogens is 1250 g/mol. The molecule has 0 aliphatic carbocycles. The first-order chi connectivity index (χ1) is 44.8. The first-order valence-electron chi connectivity index (χ1n) is 31.4. The van der Waals surface area contributed by atoms with E-state index in [4.69, 9.17) is 41.1 Å². The first-order valence-corrected chi connectivity index (χ1v) is 31.8. The van der Waals surface area contributed by atoms with Crippen LogP contribution in [-0.4, -0.2) is 132 Å². The van der Waals surface area contributed by atoms with Crippen molar-refractivity contribution in [1.82, 2.24) is 42.3 Å². The molecule has 9 atom stereocenters. The number of amides is 11. The number of cyclic esters (lactones) is 1. The van der Waals surface area contributed by atoms with Crippen molar-refractivity contribution in [3.05, 3.63) is 118 Å². The smallest absolute Gasteiger partial charge is 0.407 e. The number of hydroxylamine groups is 2. The fraction of sp³-hybridized carbons (Fsp3) is 0.493. The molecule has 28 heteroatoms. The van der Waals surface area contributed by atoms with Crippen molar-refractivity contribution in [2.45, 2.75) is 175 Å². The van der Waals surface area contributed by atoms with Gasteiger partial charge in [-0.05, 0) is 110 Å². The van der Waals surface area contributed by atoms with Crippen LogP contribution in [0.4, 0.5) is 15.3 Å². The molecule has 0 unspecified atom stereocenters. The predicted molar refractivity (Wildman–Crippen MR) is 346 cm³/mol. The number of hydrogen-bond acceptors (Lipinski definition) is 17. The number of alkyl carbamates (subject to hydrolysis) is 1. The monoisotopic (exact) mass is 1340 g/mol. The highest BCUT2D eigenvalue weighted by Crippen LogP contribution is 2.45. The van der Waals surface area contributed by atoms with Crippen LogP contribution in [0.15, 0.2) is 91.0 Å². The van der Waals surface area contributed by atoms with Crippen LogP contribution in [0.3, 0.4) is 0 Å². The Bertz CT molecular complexity index is 3350. The number of methoxy groups -OCH3 is 1. The summed E-state index contributed by atoms with van der Waals surface area (Å²) in [5.74, 6) is -7.12. The van der Waals surface area contributed by atoms with Gasteiger partial charge >= 0.3 is 24.1 Å². The van der Waals surface area contributed by atoms with Gasteiger partial charge in [0.1, 0.15) is 48.7 Å². The van der Waals surface area contributed by atoms with E-state index in [1.54, 1.807) is 83.2 Å². The molecule has 0 bridgehead atoms. The molecule has 3 aromatic carbocycles. The quantitative estimate of drug-likeness (QED) is 0.0208. The van der Waals surface area contributed by atoms with Crippen LogP contribution < -0.4 is 53.0 Å². The Balaban J connectivity index is 1.02. The number of rotatable bonds is 26. The largest absolute Gasteiger partial charge is 0.495 e. The first kappa shape index (κ1) is 74.7. The summed E-state index contributed by atoms with van der Waals surface area (Å²) in [7, 11) is 1.48. The maximum atomic E-state index is 14.3. The number of epoxide rings is 1. The molecule has 1 fully saturated rings. The Morgan fingerprint density at radius 1 is 0.800 bits per heavy atom. The lowest BCUT2D eigenvalue weighted by atomic mass is 9.82. The number of anilines is 1. The summed E-state index contributed by atoms with van der Waals surface area (Å²) in [5.41, 5.74) is 6.68. The van der Waals surface area contributed by atoms with Crippen LogP contribution in [-0.2, 0) is 86.6 Å². The van der Waals surface area contributed by atoms with Crippen molar-refractivity contribution in [1.29, 1.82) is 0 Å². The van der Waals surface area contributed by atoms with E-state index in [0.29, 0.717) is 32.6 Å². The van der Waals surface area contributed by atoms with Gasteiger partial charge in [-0.3, -0.25) is 38.4 Å². The Morgan fingerprint density at radius 2 is 1.46 bits per heavy atom. The van der Waals surface area contributed by atoms with Crippen LogP contribution in [0.1, 0.15) is 136 Å². The van der Waals surface area contributed by atoms with Gasteiger partial charge in [0.2, 0.25) is 35.4 Å². The van der Waals surface area contributed by atoms with Gasteiger partial charge in [0.25, 0.3) is 11.8 Å². The Labute approximate surface area is 556 Å². The summed E-state index contributed by atoms with van der Waals surface area (Å²) < 4.78 is 23.3. The van der Waals surface area contributed by atoms with Crippen LogP contribution >= 0.6 is 11.6 Å². The number of imide groups is 1. The summed E-state index contributed by atoms with van der Waals surface area (Å²) in [6.45, 7) is 16.1. The Kier molecular flexibility index (Phi) is 26.9. The molecule has 11 amide bonds. The summed E-state index contributed by atoms with van der Waals surface area (Å²) >= 11 is 6.42. The van der Waals surface area contributed by atoms with Gasteiger partial charge < -0.3 is 72.1 Å². The number of nitrogens with two attached hydrogens (primary N) is 1. The lowest BCUT2D eigenvalue weighted by Crippen LogP contribution is -2.58. The fourth-order valence-electron chi connectivity index (χ4n) is 10.2. The molecule has 0 spiro atoms. The van der Waals surface area contributed by atoms with Crippen molar-refractivity contribution >= 4 is 88.6 Å².